The Kier molecular flexibility index (Phi) is 52.3. The van der Waals surface area contributed by atoms with Crippen molar-refractivity contribution in [3.8, 4) is 0 Å². The van der Waals surface area contributed by atoms with Crippen LogP contribution in [0.4, 0.5) is 0 Å². The molecule has 0 saturated carbocycles. The van der Waals surface area contributed by atoms with Crippen molar-refractivity contribution in [2.45, 2.75) is 366 Å². The smallest absolute Gasteiger partial charge is 0.335 e. The molecule has 462 valence electrons. The molecule has 0 aromatic carbocycles. The second-order valence-electron chi connectivity index (χ2n) is 23.1. The quantitative estimate of drug-likeness (QED) is 0.0228. The van der Waals surface area contributed by atoms with Crippen LogP contribution in [-0.4, -0.2) is 89.2 Å². The fourth-order valence-electron chi connectivity index (χ4n) is 10.4. The van der Waals surface area contributed by atoms with Gasteiger partial charge in [-0.25, -0.2) is 4.79 Å². The zero-order chi connectivity index (χ0) is 57.5. The van der Waals surface area contributed by atoms with Crippen LogP contribution in [-0.2, 0) is 42.9 Å². The molecule has 0 radical (unpaired) electrons. The highest BCUT2D eigenvalue weighted by molar-refractivity contribution is 5.74. The Balaban J connectivity index is 2.61. The number of rotatable bonds is 58. The molecular formula is C67H122O12. The number of aliphatic carboxylic acids is 1. The van der Waals surface area contributed by atoms with Crippen molar-refractivity contribution in [2.24, 2.45) is 0 Å². The van der Waals surface area contributed by atoms with E-state index in [1.165, 1.54) is 193 Å². The van der Waals surface area contributed by atoms with Crippen molar-refractivity contribution < 1.29 is 58.2 Å². The van der Waals surface area contributed by atoms with Gasteiger partial charge in [-0.15, -0.1) is 0 Å². The van der Waals surface area contributed by atoms with Crippen LogP contribution in [0.5, 0.6) is 0 Å². The Bertz CT molecular complexity index is 1470. The SMILES string of the molecule is CCCCC/C=C\C/C=C\CCCCCCCCCCCC(=O)OC1C(OCC(COC(=O)CCCCCCCCCCCCCCCCCCC)OC(=O)CCCCCCCCCCCCCCC)OC(C(=O)O)C(O)C1O. The maximum Gasteiger partial charge on any atom is 0.335 e. The summed E-state index contributed by atoms with van der Waals surface area (Å²) in [6.07, 6.45) is 52.7. The molecule has 1 aliphatic heterocycles. The lowest BCUT2D eigenvalue weighted by Gasteiger charge is -2.40. The Hall–Kier alpha value is -2.80. The number of carbonyl (C=O) groups is 4. The van der Waals surface area contributed by atoms with Gasteiger partial charge >= 0.3 is 23.9 Å². The fraction of sp³-hybridized carbons (Fsp3) is 0.881. The fourth-order valence-corrected chi connectivity index (χ4v) is 10.4. The third kappa shape index (κ3) is 45.4. The highest BCUT2D eigenvalue weighted by atomic mass is 16.7. The minimum Gasteiger partial charge on any atom is -0.479 e. The monoisotopic (exact) mass is 1120 g/mol. The minimum atomic E-state index is -1.90. The number of aliphatic hydroxyl groups is 2. The van der Waals surface area contributed by atoms with E-state index in [1.807, 2.05) is 0 Å². The summed E-state index contributed by atoms with van der Waals surface area (Å²) in [6.45, 7) is 6.03. The number of allylic oxidation sites excluding steroid dienone is 4. The van der Waals surface area contributed by atoms with Gasteiger partial charge in [0.05, 0.1) is 6.61 Å². The van der Waals surface area contributed by atoms with Gasteiger partial charge in [0.15, 0.2) is 24.6 Å². The Morgan fingerprint density at radius 3 is 1.16 bits per heavy atom. The van der Waals surface area contributed by atoms with Gasteiger partial charge in [-0.3, -0.25) is 14.4 Å². The van der Waals surface area contributed by atoms with Crippen molar-refractivity contribution in [2.75, 3.05) is 13.2 Å². The maximum atomic E-state index is 13.2. The van der Waals surface area contributed by atoms with Crippen LogP contribution in [0.25, 0.3) is 0 Å². The van der Waals surface area contributed by atoms with E-state index in [1.54, 1.807) is 0 Å². The first-order valence-corrected chi connectivity index (χ1v) is 33.3. The summed E-state index contributed by atoms with van der Waals surface area (Å²) in [5.74, 6) is -3.08. The molecule has 0 amide bonds. The Morgan fingerprint density at radius 1 is 0.418 bits per heavy atom. The zero-order valence-corrected chi connectivity index (χ0v) is 51.1. The van der Waals surface area contributed by atoms with Crippen LogP contribution < -0.4 is 0 Å². The molecule has 1 fully saturated rings. The van der Waals surface area contributed by atoms with E-state index in [0.29, 0.717) is 19.3 Å². The van der Waals surface area contributed by atoms with Crippen LogP contribution in [0, 0.1) is 0 Å². The highest BCUT2D eigenvalue weighted by Gasteiger charge is 2.50. The molecule has 1 heterocycles. The summed E-state index contributed by atoms with van der Waals surface area (Å²) in [5, 5.41) is 31.6. The van der Waals surface area contributed by atoms with Crippen molar-refractivity contribution >= 4 is 23.9 Å². The molecule has 0 aliphatic carbocycles. The predicted octanol–water partition coefficient (Wildman–Crippen LogP) is 17.8. The van der Waals surface area contributed by atoms with Crippen molar-refractivity contribution in [3.63, 3.8) is 0 Å². The summed E-state index contributed by atoms with van der Waals surface area (Å²) in [4.78, 5) is 51.3. The molecule has 1 rings (SSSR count). The third-order valence-corrected chi connectivity index (χ3v) is 15.5. The summed E-state index contributed by atoms with van der Waals surface area (Å²) in [5.41, 5.74) is 0. The molecule has 12 nitrogen and oxygen atoms in total. The van der Waals surface area contributed by atoms with Gasteiger partial charge in [0.1, 0.15) is 18.8 Å². The lowest BCUT2D eigenvalue weighted by atomic mass is 9.98. The lowest BCUT2D eigenvalue weighted by molar-refractivity contribution is -0.301. The van der Waals surface area contributed by atoms with E-state index in [9.17, 15) is 34.5 Å². The molecule has 1 aliphatic rings. The minimum absolute atomic E-state index is 0.0609. The van der Waals surface area contributed by atoms with Gasteiger partial charge in [0.2, 0.25) is 0 Å². The first-order chi connectivity index (χ1) is 38.6. The van der Waals surface area contributed by atoms with E-state index in [4.69, 9.17) is 23.7 Å². The Morgan fingerprint density at radius 2 is 0.759 bits per heavy atom. The maximum absolute atomic E-state index is 13.2. The number of hydrogen-bond acceptors (Lipinski definition) is 11. The van der Waals surface area contributed by atoms with Crippen molar-refractivity contribution in [1.29, 1.82) is 0 Å². The van der Waals surface area contributed by atoms with Gasteiger partial charge < -0.3 is 39.0 Å². The van der Waals surface area contributed by atoms with Crippen LogP contribution in [0.3, 0.4) is 0 Å². The van der Waals surface area contributed by atoms with Crippen LogP contribution in [0.15, 0.2) is 24.3 Å². The van der Waals surface area contributed by atoms with E-state index in [2.05, 4.69) is 45.1 Å². The Labute approximate surface area is 483 Å². The number of unbranched alkanes of at least 4 members (excludes halogenated alkanes) is 40. The summed E-state index contributed by atoms with van der Waals surface area (Å²) >= 11 is 0. The number of carbonyl (C=O) groups excluding carboxylic acids is 3. The predicted molar refractivity (Wildman–Crippen MR) is 322 cm³/mol. The van der Waals surface area contributed by atoms with Gasteiger partial charge in [-0.05, 0) is 51.4 Å². The molecule has 6 atom stereocenters. The van der Waals surface area contributed by atoms with Gasteiger partial charge in [-0.2, -0.15) is 0 Å². The summed E-state index contributed by atoms with van der Waals surface area (Å²) < 4.78 is 28.6. The molecule has 0 bridgehead atoms. The van der Waals surface area contributed by atoms with Gasteiger partial charge in [0, 0.05) is 19.3 Å². The first kappa shape index (κ1) is 74.2. The lowest BCUT2D eigenvalue weighted by Crippen LogP contribution is -2.61. The molecule has 3 N–H and O–H groups in total. The number of carboxylic acids is 1. The molecule has 12 heteroatoms. The molecule has 0 aromatic heterocycles. The second-order valence-corrected chi connectivity index (χ2v) is 23.1. The van der Waals surface area contributed by atoms with Crippen molar-refractivity contribution in [1.82, 2.24) is 0 Å². The molecular weight excluding hydrogens is 997 g/mol. The molecule has 0 aromatic rings. The van der Waals surface area contributed by atoms with Gasteiger partial charge in [-0.1, -0.05) is 283 Å². The largest absolute Gasteiger partial charge is 0.479 e. The number of esters is 3. The standard InChI is InChI=1S/C67H122O12/c1-4-7-10-13-16-19-22-25-27-29-30-32-34-37-40-43-46-49-52-55-61(70)78-65-63(72)62(71)64(66(73)74)79-67(65)76-57-58(77-60(69)54-51-48-45-42-39-35-24-21-18-15-12-9-6-3)56-75-59(68)53-50-47-44-41-38-36-33-31-28-26-23-20-17-14-11-8-5-2/h16,19,25,27,58,62-65,67,71-72H,4-15,17-18,20-24,26,28-57H2,1-3H3,(H,73,74)/b19-16-,27-25-. The number of hydrogen-bond donors (Lipinski definition) is 3. The first-order valence-electron chi connectivity index (χ1n) is 33.3. The summed E-state index contributed by atoms with van der Waals surface area (Å²) in [7, 11) is 0. The zero-order valence-electron chi connectivity index (χ0n) is 51.1. The third-order valence-electron chi connectivity index (χ3n) is 15.5. The normalized spacial score (nSPS) is 17.9. The van der Waals surface area contributed by atoms with E-state index >= 15 is 0 Å². The average Bonchev–Trinajstić information content (AvgIpc) is 3.46. The second kappa shape index (κ2) is 55.7. The number of carboxylic acid groups (broad SMARTS) is 1. The molecule has 0 spiro atoms. The molecule has 79 heavy (non-hydrogen) atoms. The highest BCUT2D eigenvalue weighted by Crippen LogP contribution is 2.27. The van der Waals surface area contributed by atoms with Crippen molar-refractivity contribution in [3.05, 3.63) is 24.3 Å². The van der Waals surface area contributed by atoms with Crippen LogP contribution >= 0.6 is 0 Å². The average molecular weight is 1120 g/mol. The topological polar surface area (TPSA) is 175 Å². The number of aliphatic hydroxyl groups excluding tert-OH is 2. The van der Waals surface area contributed by atoms with Gasteiger partial charge in [0.25, 0.3) is 0 Å². The molecule has 1 saturated heterocycles. The summed E-state index contributed by atoms with van der Waals surface area (Å²) in [6, 6.07) is 0. The van der Waals surface area contributed by atoms with E-state index in [-0.39, 0.29) is 25.9 Å². The van der Waals surface area contributed by atoms with E-state index in [0.717, 1.165) is 77.0 Å². The van der Waals surface area contributed by atoms with Crippen LogP contribution in [0.1, 0.15) is 329 Å². The van der Waals surface area contributed by atoms with Crippen LogP contribution in [0.2, 0.25) is 0 Å². The molecule has 6 unspecified atom stereocenters. The van der Waals surface area contributed by atoms with E-state index < -0.39 is 67.3 Å². The number of ether oxygens (including phenoxy) is 5.